The minimum atomic E-state index is -4.10. The second kappa shape index (κ2) is 6.73. The van der Waals surface area contributed by atoms with E-state index in [9.17, 15) is 13.0 Å². The molecule has 0 fully saturated rings. The number of unbranched alkanes of at least 4 members (excludes halogenated alkanes) is 1. The summed E-state index contributed by atoms with van der Waals surface area (Å²) in [5, 5.41) is 7.92. The van der Waals surface area contributed by atoms with Gasteiger partial charge in [0.2, 0.25) is 0 Å². The first kappa shape index (κ1) is 13.6. The molecule has 0 N–H and O–H groups in total. The monoisotopic (exact) mass is 187 g/mol. The molecule has 52 valence electrons. The molecule has 0 heterocycles. The average Bonchev–Trinajstić information content (AvgIpc) is 1.63. The van der Waals surface area contributed by atoms with Crippen LogP contribution in [0.4, 0.5) is 0 Å². The third-order valence-electron chi connectivity index (χ3n) is 0.683. The molecule has 0 bridgehead atoms. The van der Waals surface area contributed by atoms with Crippen molar-refractivity contribution in [3.63, 3.8) is 0 Å². The number of hydrogen-bond donors (Lipinski definition) is 0. The molecule has 0 amide bonds. The van der Waals surface area contributed by atoms with E-state index in [1.54, 1.807) is 6.07 Å². The summed E-state index contributed by atoms with van der Waals surface area (Å²) < 4.78 is 29.5. The maximum Gasteiger partial charge on any atom is 1.00 e. The van der Waals surface area contributed by atoms with E-state index in [1.165, 1.54) is 0 Å². The Morgan fingerprint density at radius 3 is 2.30 bits per heavy atom. The van der Waals surface area contributed by atoms with E-state index in [2.05, 4.69) is 0 Å². The van der Waals surface area contributed by atoms with Gasteiger partial charge in [-0.1, -0.05) is 0 Å². The maximum absolute atomic E-state index is 9.84. The number of nitrogens with zero attached hydrogens (tertiary/aromatic N) is 1. The summed E-state index contributed by atoms with van der Waals surface area (Å²) >= 11 is 0. The van der Waals surface area contributed by atoms with Crippen molar-refractivity contribution in [2.75, 3.05) is 5.75 Å². The molecule has 0 saturated heterocycles. The molecular weight excluding hydrogens is 181 g/mol. The third-order valence-corrected chi connectivity index (χ3v) is 1.47. The first-order valence-corrected chi connectivity index (χ1v) is 3.94. The Bertz CT molecular complexity index is 205. The minimum absolute atomic E-state index is 0. The van der Waals surface area contributed by atoms with Gasteiger partial charge in [-0.05, 0) is 6.42 Å². The summed E-state index contributed by atoms with van der Waals surface area (Å²) in [7, 11) is -4.10. The molecule has 0 saturated carbocycles. The normalized spacial score (nSPS) is 9.60. The summed E-state index contributed by atoms with van der Waals surface area (Å²) in [4.78, 5) is 0. The molecule has 0 rings (SSSR count). The van der Waals surface area contributed by atoms with Crippen LogP contribution >= 0.6 is 0 Å². The molecule has 4 nitrogen and oxygen atoms in total. The number of rotatable bonds is 3. The van der Waals surface area contributed by atoms with Crippen LogP contribution in [0, 0.1) is 11.3 Å². The van der Waals surface area contributed by atoms with Gasteiger partial charge < -0.3 is 4.55 Å². The van der Waals surface area contributed by atoms with E-state index in [1.807, 2.05) is 0 Å². The van der Waals surface area contributed by atoms with Crippen molar-refractivity contribution < 1.29 is 64.4 Å². The standard InChI is InChI=1S/C4H7NO3S.K/c5-3-1-2-4-9(6,7)8;/h1-2,4H2,(H,6,7,8);/q;+1/p-1. The summed E-state index contributed by atoms with van der Waals surface area (Å²) in [5.74, 6) is -0.430. The van der Waals surface area contributed by atoms with Crippen LogP contribution in [0.15, 0.2) is 0 Å². The van der Waals surface area contributed by atoms with Gasteiger partial charge in [0, 0.05) is 12.2 Å². The second-order valence-electron chi connectivity index (χ2n) is 1.52. The van der Waals surface area contributed by atoms with Crippen molar-refractivity contribution in [1.82, 2.24) is 0 Å². The maximum atomic E-state index is 9.84. The first-order chi connectivity index (χ1) is 4.06. The van der Waals surface area contributed by atoms with Crippen LogP contribution in [0.1, 0.15) is 12.8 Å². The molecule has 6 heteroatoms. The van der Waals surface area contributed by atoms with Crippen molar-refractivity contribution in [2.24, 2.45) is 0 Å². The van der Waals surface area contributed by atoms with Crippen molar-refractivity contribution in [2.45, 2.75) is 12.8 Å². The fourth-order valence-corrected chi connectivity index (χ4v) is 0.826. The van der Waals surface area contributed by atoms with Crippen LogP contribution < -0.4 is 51.4 Å². The SMILES string of the molecule is N#CCCCS(=O)(=O)[O-].[K+]. The summed E-state index contributed by atoms with van der Waals surface area (Å²) in [6.07, 6.45) is 0.268. The van der Waals surface area contributed by atoms with Crippen LogP contribution in [-0.4, -0.2) is 18.7 Å². The smallest absolute Gasteiger partial charge is 0.748 e. The van der Waals surface area contributed by atoms with Crippen molar-refractivity contribution in [3.8, 4) is 6.07 Å². The van der Waals surface area contributed by atoms with E-state index in [0.29, 0.717) is 0 Å². The summed E-state index contributed by atoms with van der Waals surface area (Å²) in [6.45, 7) is 0. The van der Waals surface area contributed by atoms with E-state index in [-0.39, 0.29) is 64.2 Å². The quantitative estimate of drug-likeness (QED) is 0.265. The van der Waals surface area contributed by atoms with Crippen LogP contribution in [0.25, 0.3) is 0 Å². The van der Waals surface area contributed by atoms with Gasteiger partial charge in [0.1, 0.15) is 0 Å². The zero-order valence-corrected chi connectivity index (χ0v) is 9.64. The molecule has 0 aromatic heterocycles. The van der Waals surface area contributed by atoms with Crippen LogP contribution in [0.5, 0.6) is 0 Å². The van der Waals surface area contributed by atoms with Gasteiger partial charge in [0.25, 0.3) is 0 Å². The Kier molecular flexibility index (Phi) is 9.16. The molecular formula is C4H6KNO3S. The van der Waals surface area contributed by atoms with Gasteiger partial charge in [-0.2, -0.15) is 5.26 Å². The molecule has 0 aromatic carbocycles. The summed E-state index contributed by atoms with van der Waals surface area (Å²) in [5.41, 5.74) is 0. The van der Waals surface area contributed by atoms with E-state index in [0.717, 1.165) is 0 Å². The molecule has 0 atom stereocenters. The van der Waals surface area contributed by atoms with Gasteiger partial charge in [0.05, 0.1) is 16.2 Å². The van der Waals surface area contributed by atoms with Crippen molar-refractivity contribution in [3.05, 3.63) is 0 Å². The van der Waals surface area contributed by atoms with Gasteiger partial charge in [-0.25, -0.2) is 8.42 Å². The zero-order chi connectivity index (χ0) is 7.33. The van der Waals surface area contributed by atoms with E-state index in [4.69, 9.17) is 5.26 Å². The van der Waals surface area contributed by atoms with Crippen molar-refractivity contribution in [1.29, 1.82) is 5.26 Å². The predicted molar refractivity (Wildman–Crippen MR) is 29.4 cm³/mol. The number of hydrogen-bond acceptors (Lipinski definition) is 4. The van der Waals surface area contributed by atoms with Crippen molar-refractivity contribution >= 4 is 10.1 Å². The molecule has 0 unspecified atom stereocenters. The second-order valence-corrected chi connectivity index (χ2v) is 3.05. The van der Waals surface area contributed by atoms with E-state index < -0.39 is 15.9 Å². The van der Waals surface area contributed by atoms with Crippen LogP contribution in [-0.2, 0) is 10.1 Å². The molecule has 0 aliphatic heterocycles. The topological polar surface area (TPSA) is 81.0 Å². The average molecular weight is 187 g/mol. The third kappa shape index (κ3) is 11.8. The Hall–Kier alpha value is 1.04. The Morgan fingerprint density at radius 2 is 2.00 bits per heavy atom. The molecule has 0 aromatic rings. The number of nitriles is 1. The largest absolute Gasteiger partial charge is 1.00 e. The van der Waals surface area contributed by atoms with E-state index >= 15 is 0 Å². The first-order valence-electron chi connectivity index (χ1n) is 2.37. The van der Waals surface area contributed by atoms with Gasteiger partial charge in [0.15, 0.2) is 0 Å². The fourth-order valence-electron chi connectivity index (χ4n) is 0.328. The molecule has 0 spiro atoms. The Labute approximate surface area is 103 Å². The van der Waals surface area contributed by atoms with Gasteiger partial charge in [-0.15, -0.1) is 0 Å². The van der Waals surface area contributed by atoms with Gasteiger partial charge >= 0.3 is 51.4 Å². The minimum Gasteiger partial charge on any atom is -0.748 e. The summed E-state index contributed by atoms with van der Waals surface area (Å²) in [6, 6.07) is 1.74. The molecule has 0 aliphatic carbocycles. The molecule has 0 radical (unpaired) electrons. The molecule has 10 heavy (non-hydrogen) atoms. The predicted octanol–water partition coefficient (Wildman–Crippen LogP) is -3.16. The zero-order valence-electron chi connectivity index (χ0n) is 5.70. The Balaban J connectivity index is 0. The fraction of sp³-hybridized carbons (Fsp3) is 0.750. The Morgan fingerprint density at radius 1 is 1.50 bits per heavy atom. The van der Waals surface area contributed by atoms with Crippen LogP contribution in [0.2, 0.25) is 0 Å². The van der Waals surface area contributed by atoms with Crippen LogP contribution in [0.3, 0.4) is 0 Å². The van der Waals surface area contributed by atoms with Gasteiger partial charge in [-0.3, -0.25) is 0 Å². The molecule has 0 aliphatic rings.